The Hall–Kier alpha value is -6.40. The summed E-state index contributed by atoms with van der Waals surface area (Å²) < 4.78 is 46.4. The Bertz CT molecular complexity index is 2570. The van der Waals surface area contributed by atoms with Crippen LogP contribution < -0.4 is 14.3 Å². The number of para-hydroxylation sites is 1. The molecule has 2 amide bonds. The second-order valence-corrected chi connectivity index (χ2v) is 17.8. The van der Waals surface area contributed by atoms with E-state index in [2.05, 4.69) is 9.99 Å². The molecule has 12 nitrogen and oxygen atoms in total. The number of rotatable bonds is 16. The molecule has 0 aliphatic carbocycles. The van der Waals surface area contributed by atoms with E-state index >= 15 is 0 Å². The largest absolute Gasteiger partial charge is 0.478 e. The minimum atomic E-state index is -3.60. The summed E-state index contributed by atoms with van der Waals surface area (Å²) in [5.74, 6) is -0.752. The van der Waals surface area contributed by atoms with Gasteiger partial charge in [-0.2, -0.15) is 0 Å². The van der Waals surface area contributed by atoms with Gasteiger partial charge in [0.05, 0.1) is 23.9 Å². The van der Waals surface area contributed by atoms with Crippen molar-refractivity contribution in [3.8, 4) is 11.5 Å². The van der Waals surface area contributed by atoms with Crippen LogP contribution >= 0.6 is 7.52 Å². The van der Waals surface area contributed by atoms with Gasteiger partial charge in [-0.05, 0) is 60.9 Å². The summed E-state index contributed by atoms with van der Waals surface area (Å²) in [5.41, 5.74) is 4.10. The summed E-state index contributed by atoms with van der Waals surface area (Å²) in [5, 5.41) is 3.48. The molecule has 2 aliphatic heterocycles. The van der Waals surface area contributed by atoms with Crippen LogP contribution in [-0.2, 0) is 27.2 Å². The number of hydrogen-bond acceptors (Lipinski definition) is 9. The molecular weight excluding hydrogens is 821 g/mol. The predicted octanol–water partition coefficient (Wildman–Crippen LogP) is 8.27. The molecule has 0 bridgehead atoms. The maximum Gasteiger partial charge on any atom is 0.323 e. The Labute approximate surface area is 366 Å². The van der Waals surface area contributed by atoms with Crippen molar-refractivity contribution in [3.05, 3.63) is 173 Å². The van der Waals surface area contributed by atoms with Crippen LogP contribution in [0.15, 0.2) is 134 Å². The van der Waals surface area contributed by atoms with Crippen LogP contribution in [0.5, 0.6) is 11.5 Å². The molecule has 0 radical (unpaired) electrons. The third-order valence-electron chi connectivity index (χ3n) is 11.3. The van der Waals surface area contributed by atoms with Gasteiger partial charge in [-0.1, -0.05) is 97.1 Å². The van der Waals surface area contributed by atoms with Gasteiger partial charge in [-0.15, -0.1) is 0 Å². The first kappa shape index (κ1) is 43.3. The maximum atomic E-state index is 15.0. The first-order chi connectivity index (χ1) is 30.6. The van der Waals surface area contributed by atoms with E-state index in [1.807, 2.05) is 72.8 Å². The number of fused-ring (bicyclic) bond motifs is 2. The zero-order valence-corrected chi connectivity index (χ0v) is 36.1. The van der Waals surface area contributed by atoms with E-state index in [4.69, 9.17) is 19.0 Å². The van der Waals surface area contributed by atoms with E-state index in [0.717, 1.165) is 16.7 Å². The minimum absolute atomic E-state index is 0.101. The van der Waals surface area contributed by atoms with Gasteiger partial charge in [0.25, 0.3) is 11.8 Å². The molecule has 1 fully saturated rings. The lowest BCUT2D eigenvalue weighted by atomic mass is 9.94. The fourth-order valence-corrected chi connectivity index (χ4v) is 10.1. The van der Waals surface area contributed by atoms with E-state index in [-0.39, 0.29) is 49.1 Å². The van der Waals surface area contributed by atoms with Gasteiger partial charge >= 0.3 is 13.5 Å². The highest BCUT2D eigenvalue weighted by Crippen LogP contribution is 2.45. The van der Waals surface area contributed by atoms with Crippen molar-refractivity contribution >= 4 is 36.2 Å². The molecule has 14 heteroatoms. The first-order valence-corrected chi connectivity index (χ1v) is 23.0. The van der Waals surface area contributed by atoms with Crippen LogP contribution in [0.4, 0.5) is 4.39 Å². The Morgan fingerprint density at radius 2 is 1.48 bits per heavy atom. The monoisotopic (exact) mass is 869 g/mol. The second-order valence-electron chi connectivity index (χ2n) is 15.6. The number of carbonyl (C=O) groups is 3. The number of nitrogens with one attached hydrogen (secondary N) is 1. The Morgan fingerprint density at radius 1 is 0.841 bits per heavy atom. The molecule has 0 spiro atoms. The fourth-order valence-electron chi connectivity index (χ4n) is 8.14. The lowest BCUT2D eigenvalue weighted by Crippen LogP contribution is -2.49. The number of ether oxygens (including phenoxy) is 2. The van der Waals surface area contributed by atoms with Crippen molar-refractivity contribution in [3.63, 3.8) is 0 Å². The SMILES string of the molecule is CCOC(=O)[C@H](C)NP(=O)(CCN1CCN(C(=O)c2c3c(c(OC(c4ccccc4)c4ccccc4)c4ncccc24)C(=O)N(Cc2ccc(F)cc2)C3)CC1)Oc1ccccc1. The number of piperazine rings is 1. The van der Waals surface area contributed by atoms with E-state index in [1.165, 1.54) is 12.1 Å². The molecule has 2 atom stereocenters. The van der Waals surface area contributed by atoms with Crippen LogP contribution in [0.1, 0.15) is 62.9 Å². The van der Waals surface area contributed by atoms with Crippen LogP contribution in [0.3, 0.4) is 0 Å². The van der Waals surface area contributed by atoms with Crippen molar-refractivity contribution in [2.75, 3.05) is 45.5 Å². The number of benzene rings is 5. The summed E-state index contributed by atoms with van der Waals surface area (Å²) in [4.78, 5) is 52.6. The van der Waals surface area contributed by atoms with Crippen LogP contribution in [0.25, 0.3) is 10.9 Å². The highest BCUT2D eigenvalue weighted by Gasteiger charge is 2.40. The second kappa shape index (κ2) is 19.3. The summed E-state index contributed by atoms with van der Waals surface area (Å²) in [7, 11) is -3.60. The number of halogens is 1. The minimum Gasteiger partial charge on any atom is -0.478 e. The van der Waals surface area contributed by atoms with Crippen LogP contribution in [0, 0.1) is 5.82 Å². The van der Waals surface area contributed by atoms with E-state index in [9.17, 15) is 23.3 Å². The van der Waals surface area contributed by atoms with Crippen molar-refractivity contribution in [1.29, 1.82) is 0 Å². The Kier molecular flexibility index (Phi) is 13.3. The van der Waals surface area contributed by atoms with Crippen LogP contribution in [-0.4, -0.2) is 89.0 Å². The first-order valence-electron chi connectivity index (χ1n) is 21.1. The number of nitrogens with zero attached hydrogens (tertiary/aromatic N) is 4. The van der Waals surface area contributed by atoms with Crippen molar-refractivity contribution < 1.29 is 37.3 Å². The molecule has 3 heterocycles. The molecule has 1 N–H and O–H groups in total. The molecule has 1 saturated heterocycles. The Morgan fingerprint density at radius 3 is 2.11 bits per heavy atom. The smallest absolute Gasteiger partial charge is 0.323 e. The number of aromatic nitrogens is 1. The summed E-state index contributed by atoms with van der Waals surface area (Å²) >= 11 is 0. The van der Waals surface area contributed by atoms with Gasteiger partial charge < -0.3 is 23.8 Å². The molecule has 6 aromatic rings. The molecule has 0 saturated carbocycles. The molecule has 8 rings (SSSR count). The molecule has 1 aromatic heterocycles. The third-order valence-corrected chi connectivity index (χ3v) is 13.4. The topological polar surface area (TPSA) is 131 Å². The van der Waals surface area contributed by atoms with Crippen molar-refractivity contribution in [2.24, 2.45) is 0 Å². The average Bonchev–Trinajstić information content (AvgIpc) is 3.63. The molecular formula is C49H49FN5O7P. The van der Waals surface area contributed by atoms with E-state index < -0.39 is 25.6 Å². The summed E-state index contributed by atoms with van der Waals surface area (Å²) in [6.07, 6.45) is 1.13. The Balaban J connectivity index is 1.09. The van der Waals surface area contributed by atoms with Gasteiger partial charge in [0.15, 0.2) is 5.75 Å². The van der Waals surface area contributed by atoms with Gasteiger partial charge in [0.2, 0.25) is 0 Å². The van der Waals surface area contributed by atoms with Gasteiger partial charge in [-0.3, -0.25) is 28.8 Å². The lowest BCUT2D eigenvalue weighted by Gasteiger charge is -2.36. The summed E-state index contributed by atoms with van der Waals surface area (Å²) in [6, 6.07) is 37.1. The quantitative estimate of drug-likeness (QED) is 0.0750. The van der Waals surface area contributed by atoms with Crippen molar-refractivity contribution in [1.82, 2.24) is 24.8 Å². The number of carbonyl (C=O) groups excluding carboxylic acids is 3. The highest BCUT2D eigenvalue weighted by atomic mass is 31.2. The molecule has 2 aliphatic rings. The molecule has 5 aromatic carbocycles. The van der Waals surface area contributed by atoms with Gasteiger partial charge in [0.1, 0.15) is 29.2 Å². The normalized spacial score (nSPS) is 15.5. The molecule has 324 valence electrons. The number of hydrogen-bond donors (Lipinski definition) is 1. The maximum absolute atomic E-state index is 15.0. The van der Waals surface area contributed by atoms with Gasteiger partial charge in [-0.25, -0.2) is 9.48 Å². The standard InChI is InChI=1S/C49H49FN5O7P/c1-3-60-49(58)34(2)52-63(59,62-39-18-11-6-12-19-39)31-30-53-26-28-54(29-27-53)47(56)42-40-20-13-25-51-44(40)46(61-45(36-14-7-4-8-15-36)37-16-9-5-10-17-37)43-41(42)33-55(48(43)57)32-35-21-23-38(50)24-22-35/h4-25,34,45H,3,26-33H2,1-2H3,(H,52,59)/t34-,63?/m0/s1. The lowest BCUT2D eigenvalue weighted by molar-refractivity contribution is -0.144. The zero-order chi connectivity index (χ0) is 43.9. The number of pyridine rings is 1. The van der Waals surface area contributed by atoms with Crippen molar-refractivity contribution in [2.45, 2.75) is 39.1 Å². The fraction of sp³-hybridized carbons (Fsp3) is 0.265. The number of amides is 2. The molecule has 63 heavy (non-hydrogen) atoms. The van der Waals surface area contributed by atoms with Crippen LogP contribution in [0.2, 0.25) is 0 Å². The highest BCUT2D eigenvalue weighted by molar-refractivity contribution is 7.57. The van der Waals surface area contributed by atoms with E-state index in [1.54, 1.807) is 72.3 Å². The van der Waals surface area contributed by atoms with Gasteiger partial charge in [0, 0.05) is 63.0 Å². The zero-order valence-electron chi connectivity index (χ0n) is 35.2. The average molecular weight is 870 g/mol. The van der Waals surface area contributed by atoms with E-state index in [0.29, 0.717) is 66.3 Å². The predicted molar refractivity (Wildman–Crippen MR) is 238 cm³/mol. The number of esters is 1. The summed E-state index contributed by atoms with van der Waals surface area (Å²) in [6.45, 7) is 5.88. The molecule has 1 unspecified atom stereocenters. The third kappa shape index (κ3) is 9.81.